The molecular formula is C24H24N4O4S. The Labute approximate surface area is 193 Å². The van der Waals surface area contributed by atoms with Crippen molar-refractivity contribution in [2.45, 2.75) is 6.92 Å². The number of carbonyl (C=O) groups is 2. The van der Waals surface area contributed by atoms with Crippen LogP contribution in [-0.4, -0.2) is 38.7 Å². The summed E-state index contributed by atoms with van der Waals surface area (Å²) in [5.41, 5.74) is 5.07. The van der Waals surface area contributed by atoms with Crippen molar-refractivity contribution >= 4 is 38.9 Å². The number of hydrogen-bond acceptors (Lipinski definition) is 5. The van der Waals surface area contributed by atoms with Gasteiger partial charge in [0, 0.05) is 11.3 Å². The number of sulfonamides is 1. The molecular weight excluding hydrogens is 440 g/mol. The third-order valence-electron chi connectivity index (χ3n) is 4.65. The summed E-state index contributed by atoms with van der Waals surface area (Å²) in [6.45, 7) is 1.29. The molecule has 0 saturated carbocycles. The van der Waals surface area contributed by atoms with Crippen molar-refractivity contribution in [3.8, 4) is 0 Å². The number of hydrogen-bond donors (Lipinski definition) is 2. The molecule has 0 aliphatic carbocycles. The molecule has 3 aromatic rings. The van der Waals surface area contributed by atoms with Gasteiger partial charge in [0.1, 0.15) is 6.54 Å². The smallest absolute Gasteiger partial charge is 0.260 e. The van der Waals surface area contributed by atoms with Crippen LogP contribution in [0.5, 0.6) is 0 Å². The maximum Gasteiger partial charge on any atom is 0.260 e. The second-order valence-electron chi connectivity index (χ2n) is 7.24. The number of nitrogens with one attached hydrogen (secondary N) is 2. The van der Waals surface area contributed by atoms with Crippen LogP contribution in [0, 0.1) is 0 Å². The highest BCUT2D eigenvalue weighted by Crippen LogP contribution is 2.16. The molecule has 0 heterocycles. The van der Waals surface area contributed by atoms with Gasteiger partial charge in [0.2, 0.25) is 10.0 Å². The second-order valence-corrected chi connectivity index (χ2v) is 9.15. The topological polar surface area (TPSA) is 108 Å². The Hall–Kier alpha value is -3.98. The zero-order valence-electron chi connectivity index (χ0n) is 18.2. The predicted octanol–water partition coefficient (Wildman–Crippen LogP) is 3.25. The van der Waals surface area contributed by atoms with E-state index in [1.54, 1.807) is 85.8 Å². The fraction of sp³-hybridized carbons (Fsp3) is 0.125. The average Bonchev–Trinajstić information content (AvgIpc) is 2.81. The van der Waals surface area contributed by atoms with E-state index in [2.05, 4.69) is 15.8 Å². The standard InChI is InChI=1S/C24H24N4O4S/c1-18(20-12-9-13-21(16-20)25-24(30)19-10-5-3-6-11-19)26-27-23(29)17-28(33(2,31)32)22-14-7-4-8-15-22/h3-16H,17H2,1-2H3,(H,25,30)(H,27,29)/b26-18-. The van der Waals surface area contributed by atoms with Crippen molar-refractivity contribution < 1.29 is 18.0 Å². The van der Waals surface area contributed by atoms with E-state index >= 15 is 0 Å². The van der Waals surface area contributed by atoms with E-state index in [-0.39, 0.29) is 5.91 Å². The highest BCUT2D eigenvalue weighted by atomic mass is 32.2. The van der Waals surface area contributed by atoms with Crippen LogP contribution >= 0.6 is 0 Å². The SMILES string of the molecule is C/C(=N/NC(=O)CN(c1ccccc1)S(C)(=O)=O)c1cccc(NC(=O)c2ccccc2)c1. The van der Waals surface area contributed by atoms with Crippen LogP contribution in [-0.2, 0) is 14.8 Å². The van der Waals surface area contributed by atoms with Crippen molar-refractivity contribution in [2.75, 3.05) is 22.4 Å². The number of rotatable bonds is 8. The van der Waals surface area contributed by atoms with Gasteiger partial charge in [0.15, 0.2) is 0 Å². The first kappa shape index (κ1) is 23.7. The number of amides is 2. The van der Waals surface area contributed by atoms with Gasteiger partial charge < -0.3 is 5.32 Å². The van der Waals surface area contributed by atoms with Crippen molar-refractivity contribution in [3.05, 3.63) is 96.1 Å². The van der Waals surface area contributed by atoms with E-state index in [1.165, 1.54) is 0 Å². The summed E-state index contributed by atoms with van der Waals surface area (Å²) in [6.07, 6.45) is 1.04. The molecule has 0 atom stereocenters. The van der Waals surface area contributed by atoms with Crippen molar-refractivity contribution in [1.29, 1.82) is 0 Å². The number of anilines is 2. The highest BCUT2D eigenvalue weighted by molar-refractivity contribution is 7.92. The number of benzene rings is 3. The van der Waals surface area contributed by atoms with Gasteiger partial charge in [0.05, 0.1) is 17.7 Å². The molecule has 2 amide bonds. The van der Waals surface area contributed by atoms with Crippen LogP contribution in [0.3, 0.4) is 0 Å². The third kappa shape index (κ3) is 6.75. The summed E-state index contributed by atoms with van der Waals surface area (Å²) in [5.74, 6) is -0.824. The molecule has 8 nitrogen and oxygen atoms in total. The van der Waals surface area contributed by atoms with E-state index in [0.717, 1.165) is 10.6 Å². The van der Waals surface area contributed by atoms with Gasteiger partial charge in [-0.3, -0.25) is 13.9 Å². The summed E-state index contributed by atoms with van der Waals surface area (Å²) in [4.78, 5) is 24.8. The van der Waals surface area contributed by atoms with Gasteiger partial charge in [-0.25, -0.2) is 13.8 Å². The van der Waals surface area contributed by atoms with E-state index < -0.39 is 22.5 Å². The van der Waals surface area contributed by atoms with Crippen LogP contribution in [0.15, 0.2) is 90.0 Å². The molecule has 0 bridgehead atoms. The summed E-state index contributed by atoms with van der Waals surface area (Å²) >= 11 is 0. The minimum atomic E-state index is -3.66. The Morgan fingerprint density at radius 1 is 0.879 bits per heavy atom. The lowest BCUT2D eigenvalue weighted by Gasteiger charge is -2.21. The van der Waals surface area contributed by atoms with Crippen LogP contribution in [0.1, 0.15) is 22.8 Å². The number of nitrogens with zero attached hydrogens (tertiary/aromatic N) is 2. The van der Waals surface area contributed by atoms with Gasteiger partial charge in [-0.2, -0.15) is 5.10 Å². The quantitative estimate of drug-likeness (QED) is 0.394. The monoisotopic (exact) mass is 464 g/mol. The zero-order chi connectivity index (χ0) is 23.8. The summed E-state index contributed by atoms with van der Waals surface area (Å²) < 4.78 is 25.3. The number of carbonyl (C=O) groups excluding carboxylic acids is 2. The first-order valence-corrected chi connectivity index (χ1v) is 11.9. The van der Waals surface area contributed by atoms with E-state index in [0.29, 0.717) is 28.2 Å². The van der Waals surface area contributed by atoms with Crippen LogP contribution in [0.4, 0.5) is 11.4 Å². The van der Waals surface area contributed by atoms with E-state index in [1.807, 2.05) is 6.07 Å². The number of hydrazone groups is 1. The molecule has 0 saturated heterocycles. The Balaban J connectivity index is 1.67. The molecule has 170 valence electrons. The minimum absolute atomic E-state index is 0.238. The maximum absolute atomic E-state index is 12.4. The van der Waals surface area contributed by atoms with E-state index in [9.17, 15) is 18.0 Å². The molecule has 0 aliphatic heterocycles. The van der Waals surface area contributed by atoms with E-state index in [4.69, 9.17) is 0 Å². The fourth-order valence-corrected chi connectivity index (χ4v) is 3.84. The molecule has 0 radical (unpaired) electrons. The van der Waals surface area contributed by atoms with Crippen molar-refractivity contribution in [2.24, 2.45) is 5.10 Å². The summed E-state index contributed by atoms with van der Waals surface area (Å²) in [6, 6.07) is 24.2. The zero-order valence-corrected chi connectivity index (χ0v) is 19.0. The highest BCUT2D eigenvalue weighted by Gasteiger charge is 2.20. The van der Waals surface area contributed by atoms with Crippen LogP contribution in [0.25, 0.3) is 0 Å². The lowest BCUT2D eigenvalue weighted by atomic mass is 10.1. The first-order valence-electron chi connectivity index (χ1n) is 10.1. The Bertz CT molecular complexity index is 1260. The molecule has 3 rings (SSSR count). The molecule has 9 heteroatoms. The molecule has 0 fully saturated rings. The molecule has 2 N–H and O–H groups in total. The fourth-order valence-electron chi connectivity index (χ4n) is 2.99. The molecule has 0 aliphatic rings. The second kappa shape index (κ2) is 10.6. The number of para-hydroxylation sites is 1. The van der Waals surface area contributed by atoms with Gasteiger partial charge in [-0.1, -0.05) is 48.5 Å². The first-order chi connectivity index (χ1) is 15.7. The lowest BCUT2D eigenvalue weighted by Crippen LogP contribution is -2.39. The molecule has 0 spiro atoms. The Morgan fingerprint density at radius 2 is 1.48 bits per heavy atom. The van der Waals surface area contributed by atoms with Gasteiger partial charge in [0.25, 0.3) is 11.8 Å². The van der Waals surface area contributed by atoms with Crippen LogP contribution < -0.4 is 15.0 Å². The largest absolute Gasteiger partial charge is 0.322 e. The van der Waals surface area contributed by atoms with Gasteiger partial charge >= 0.3 is 0 Å². The summed E-state index contributed by atoms with van der Waals surface area (Å²) in [7, 11) is -3.66. The molecule has 33 heavy (non-hydrogen) atoms. The Morgan fingerprint density at radius 3 is 2.12 bits per heavy atom. The van der Waals surface area contributed by atoms with Gasteiger partial charge in [-0.05, 0) is 48.9 Å². The van der Waals surface area contributed by atoms with Crippen molar-refractivity contribution in [3.63, 3.8) is 0 Å². The molecule has 3 aromatic carbocycles. The molecule has 0 unspecified atom stereocenters. The predicted molar refractivity (Wildman–Crippen MR) is 130 cm³/mol. The van der Waals surface area contributed by atoms with Crippen molar-refractivity contribution in [1.82, 2.24) is 5.43 Å². The molecule has 0 aromatic heterocycles. The Kier molecular flexibility index (Phi) is 7.57. The average molecular weight is 465 g/mol. The minimum Gasteiger partial charge on any atom is -0.322 e. The maximum atomic E-state index is 12.4. The van der Waals surface area contributed by atoms with Crippen LogP contribution in [0.2, 0.25) is 0 Å². The summed E-state index contributed by atoms with van der Waals surface area (Å²) in [5, 5.41) is 6.91. The van der Waals surface area contributed by atoms with Gasteiger partial charge in [-0.15, -0.1) is 0 Å². The third-order valence-corrected chi connectivity index (χ3v) is 5.79. The normalized spacial score (nSPS) is 11.5. The lowest BCUT2D eigenvalue weighted by molar-refractivity contribution is -0.119.